The molecular formula is C16H28Cl2N2O2. The number of rotatable bonds is 10. The van der Waals surface area contributed by atoms with Gasteiger partial charge in [-0.15, -0.1) is 24.8 Å². The normalized spacial score (nSPS) is 9.64. The van der Waals surface area contributed by atoms with Gasteiger partial charge >= 0.3 is 0 Å². The predicted molar refractivity (Wildman–Crippen MR) is 98.1 cm³/mol. The predicted octanol–water partition coefficient (Wildman–Crippen LogP) is 3.14. The Kier molecular flexibility index (Phi) is 14.5. The third-order valence-electron chi connectivity index (χ3n) is 2.87. The molecule has 1 aromatic carbocycles. The average molecular weight is 351 g/mol. The minimum absolute atomic E-state index is 0. The van der Waals surface area contributed by atoms with Gasteiger partial charge in [0.1, 0.15) is 6.61 Å². The Morgan fingerprint density at radius 2 is 1.95 bits per heavy atom. The maximum atomic E-state index is 5.53. The molecule has 4 nitrogen and oxygen atoms in total. The van der Waals surface area contributed by atoms with Crippen molar-refractivity contribution < 1.29 is 9.47 Å². The lowest BCUT2D eigenvalue weighted by Gasteiger charge is -2.12. The summed E-state index contributed by atoms with van der Waals surface area (Å²) in [6, 6.07) is 6.01. The highest BCUT2D eigenvalue weighted by atomic mass is 35.5. The van der Waals surface area contributed by atoms with Crippen molar-refractivity contribution in [1.29, 1.82) is 0 Å². The molecule has 0 heterocycles. The molecule has 1 aromatic rings. The number of methoxy groups -OCH3 is 1. The lowest BCUT2D eigenvalue weighted by Crippen LogP contribution is -2.21. The summed E-state index contributed by atoms with van der Waals surface area (Å²) in [5, 5.41) is 3.43. The van der Waals surface area contributed by atoms with Crippen molar-refractivity contribution in [1.82, 2.24) is 10.2 Å². The van der Waals surface area contributed by atoms with Crippen LogP contribution < -0.4 is 14.8 Å². The van der Waals surface area contributed by atoms with Crippen molar-refractivity contribution in [3.8, 4) is 11.5 Å². The summed E-state index contributed by atoms with van der Waals surface area (Å²) in [5.41, 5.74) is 1.19. The molecule has 22 heavy (non-hydrogen) atoms. The van der Waals surface area contributed by atoms with Gasteiger partial charge in [0.15, 0.2) is 11.5 Å². The third kappa shape index (κ3) is 9.15. The molecule has 1 N–H and O–H groups in total. The Bertz CT molecular complexity index is 415. The van der Waals surface area contributed by atoms with Crippen LogP contribution in [0, 0.1) is 0 Å². The standard InChI is InChI=1S/C16H26N2O2.2ClH/c1-5-11-20-15-8-7-14(12-16(15)19-4)13-17-9-6-10-18(2)3;;/h5,7-8,12,17H,1,6,9-11,13H2,2-4H3;2*1H. The second kappa shape index (κ2) is 13.7. The van der Waals surface area contributed by atoms with E-state index in [4.69, 9.17) is 9.47 Å². The molecular weight excluding hydrogens is 323 g/mol. The van der Waals surface area contributed by atoms with E-state index in [1.54, 1.807) is 13.2 Å². The Morgan fingerprint density at radius 1 is 1.23 bits per heavy atom. The average Bonchev–Trinajstić information content (AvgIpc) is 2.44. The maximum Gasteiger partial charge on any atom is 0.161 e. The van der Waals surface area contributed by atoms with Crippen molar-refractivity contribution in [2.75, 3.05) is 40.9 Å². The zero-order valence-electron chi connectivity index (χ0n) is 13.6. The monoisotopic (exact) mass is 350 g/mol. The van der Waals surface area contributed by atoms with E-state index in [1.807, 2.05) is 12.1 Å². The minimum Gasteiger partial charge on any atom is -0.493 e. The van der Waals surface area contributed by atoms with E-state index >= 15 is 0 Å². The summed E-state index contributed by atoms with van der Waals surface area (Å²) in [5.74, 6) is 1.52. The Hall–Kier alpha value is -0.940. The number of hydrogen-bond donors (Lipinski definition) is 1. The summed E-state index contributed by atoms with van der Waals surface area (Å²) in [4.78, 5) is 2.19. The first kappa shape index (κ1) is 23.3. The largest absolute Gasteiger partial charge is 0.493 e. The number of benzene rings is 1. The molecule has 0 spiro atoms. The van der Waals surface area contributed by atoms with Crippen molar-refractivity contribution in [2.45, 2.75) is 13.0 Å². The van der Waals surface area contributed by atoms with E-state index in [-0.39, 0.29) is 24.8 Å². The van der Waals surface area contributed by atoms with E-state index in [0.717, 1.165) is 37.6 Å². The van der Waals surface area contributed by atoms with Gasteiger partial charge in [0.2, 0.25) is 0 Å². The highest BCUT2D eigenvalue weighted by Crippen LogP contribution is 2.27. The molecule has 0 aliphatic rings. The molecule has 0 aliphatic heterocycles. The van der Waals surface area contributed by atoms with Crippen LogP contribution in [0.2, 0.25) is 0 Å². The van der Waals surface area contributed by atoms with Crippen LogP contribution in [-0.2, 0) is 6.54 Å². The van der Waals surface area contributed by atoms with Crippen LogP contribution in [0.1, 0.15) is 12.0 Å². The highest BCUT2D eigenvalue weighted by molar-refractivity contribution is 5.85. The van der Waals surface area contributed by atoms with Crippen molar-refractivity contribution in [3.05, 3.63) is 36.4 Å². The van der Waals surface area contributed by atoms with Gasteiger partial charge in [-0.05, 0) is 51.3 Å². The number of nitrogens with one attached hydrogen (secondary N) is 1. The van der Waals surface area contributed by atoms with Crippen molar-refractivity contribution in [2.24, 2.45) is 0 Å². The molecule has 0 radical (unpaired) electrons. The summed E-state index contributed by atoms with van der Waals surface area (Å²) < 4.78 is 10.9. The Morgan fingerprint density at radius 3 is 2.55 bits per heavy atom. The second-order valence-electron chi connectivity index (χ2n) is 4.92. The summed E-state index contributed by atoms with van der Waals surface area (Å²) in [6.45, 7) is 7.07. The summed E-state index contributed by atoms with van der Waals surface area (Å²) >= 11 is 0. The van der Waals surface area contributed by atoms with Crippen LogP contribution >= 0.6 is 24.8 Å². The molecule has 1 rings (SSSR count). The molecule has 0 saturated carbocycles. The molecule has 0 saturated heterocycles. The molecule has 0 bridgehead atoms. The molecule has 0 amide bonds. The fraction of sp³-hybridized carbons (Fsp3) is 0.500. The summed E-state index contributed by atoms with van der Waals surface area (Å²) in [6.07, 6.45) is 2.87. The number of ether oxygens (including phenoxy) is 2. The zero-order chi connectivity index (χ0) is 14.8. The summed E-state index contributed by atoms with van der Waals surface area (Å²) in [7, 11) is 5.84. The minimum atomic E-state index is 0. The fourth-order valence-corrected chi connectivity index (χ4v) is 1.84. The van der Waals surface area contributed by atoms with Gasteiger partial charge < -0.3 is 19.7 Å². The van der Waals surface area contributed by atoms with E-state index in [0.29, 0.717) is 6.61 Å². The molecule has 128 valence electrons. The number of halogens is 2. The first-order valence-corrected chi connectivity index (χ1v) is 6.93. The first-order chi connectivity index (χ1) is 9.67. The van der Waals surface area contributed by atoms with Gasteiger partial charge in [-0.3, -0.25) is 0 Å². The molecule has 0 aromatic heterocycles. The van der Waals surface area contributed by atoms with Crippen LogP contribution in [0.3, 0.4) is 0 Å². The topological polar surface area (TPSA) is 33.7 Å². The molecule has 0 atom stereocenters. The van der Waals surface area contributed by atoms with Gasteiger partial charge in [0.25, 0.3) is 0 Å². The molecule has 6 heteroatoms. The lowest BCUT2D eigenvalue weighted by molar-refractivity contribution is 0.326. The van der Waals surface area contributed by atoms with Gasteiger partial charge in [0, 0.05) is 6.54 Å². The number of nitrogens with zero attached hydrogens (tertiary/aromatic N) is 1. The van der Waals surface area contributed by atoms with Crippen LogP contribution in [0.4, 0.5) is 0 Å². The van der Waals surface area contributed by atoms with Crippen LogP contribution in [0.5, 0.6) is 11.5 Å². The van der Waals surface area contributed by atoms with Crippen molar-refractivity contribution >= 4 is 24.8 Å². The van der Waals surface area contributed by atoms with E-state index in [2.05, 4.69) is 37.0 Å². The van der Waals surface area contributed by atoms with Crippen LogP contribution in [0.25, 0.3) is 0 Å². The second-order valence-corrected chi connectivity index (χ2v) is 4.92. The Labute approximate surface area is 146 Å². The molecule has 0 aliphatic carbocycles. The van der Waals surface area contributed by atoms with Gasteiger partial charge in [-0.1, -0.05) is 18.7 Å². The highest BCUT2D eigenvalue weighted by Gasteiger charge is 2.05. The zero-order valence-corrected chi connectivity index (χ0v) is 15.3. The lowest BCUT2D eigenvalue weighted by atomic mass is 10.2. The first-order valence-electron chi connectivity index (χ1n) is 6.93. The van der Waals surface area contributed by atoms with Crippen LogP contribution in [-0.4, -0.2) is 45.8 Å². The molecule has 0 fully saturated rings. The van der Waals surface area contributed by atoms with Gasteiger partial charge in [-0.2, -0.15) is 0 Å². The maximum absolute atomic E-state index is 5.53. The van der Waals surface area contributed by atoms with Crippen molar-refractivity contribution in [3.63, 3.8) is 0 Å². The number of hydrogen-bond acceptors (Lipinski definition) is 4. The Balaban J connectivity index is 0. The van der Waals surface area contributed by atoms with Gasteiger partial charge in [-0.25, -0.2) is 0 Å². The smallest absolute Gasteiger partial charge is 0.161 e. The third-order valence-corrected chi connectivity index (χ3v) is 2.87. The fourth-order valence-electron chi connectivity index (χ4n) is 1.84. The van der Waals surface area contributed by atoms with E-state index < -0.39 is 0 Å². The van der Waals surface area contributed by atoms with Gasteiger partial charge in [0.05, 0.1) is 7.11 Å². The van der Waals surface area contributed by atoms with E-state index in [9.17, 15) is 0 Å². The van der Waals surface area contributed by atoms with E-state index in [1.165, 1.54) is 5.56 Å². The molecule has 0 unspecified atom stereocenters. The SMILES string of the molecule is C=CCOc1ccc(CNCCCN(C)C)cc1OC.Cl.Cl. The van der Waals surface area contributed by atoms with Crippen LogP contribution in [0.15, 0.2) is 30.9 Å². The quantitative estimate of drug-likeness (QED) is 0.519.